The number of aromatic nitrogens is 1. The lowest BCUT2D eigenvalue weighted by atomic mass is 10.1. The zero-order chi connectivity index (χ0) is 19.5. The van der Waals surface area contributed by atoms with Crippen LogP contribution in [0.2, 0.25) is 0 Å². The van der Waals surface area contributed by atoms with Crippen molar-refractivity contribution in [3.8, 4) is 11.3 Å². The molecule has 0 atom stereocenters. The predicted molar refractivity (Wildman–Crippen MR) is 107 cm³/mol. The van der Waals surface area contributed by atoms with Crippen molar-refractivity contribution in [3.05, 3.63) is 64.4 Å². The Hall–Kier alpha value is -2.71. The molecular formula is C20H17BrFN3O3. The first kappa shape index (κ1) is 18.6. The van der Waals surface area contributed by atoms with Crippen molar-refractivity contribution >= 4 is 33.4 Å². The Labute approximate surface area is 169 Å². The molecule has 1 fully saturated rings. The molecule has 1 amide bonds. The van der Waals surface area contributed by atoms with Crippen LogP contribution in [0.3, 0.4) is 0 Å². The van der Waals surface area contributed by atoms with Crippen LogP contribution in [0.15, 0.2) is 57.5 Å². The molecule has 8 heteroatoms. The molecule has 1 N–H and O–H groups in total. The third-order valence-corrected chi connectivity index (χ3v) is 4.96. The summed E-state index contributed by atoms with van der Waals surface area (Å²) in [6.07, 6.45) is 0. The number of ether oxygens (including phenoxy) is 1. The Morgan fingerprint density at radius 2 is 1.82 bits per heavy atom. The van der Waals surface area contributed by atoms with Gasteiger partial charge in [-0.25, -0.2) is 4.39 Å². The van der Waals surface area contributed by atoms with Crippen LogP contribution in [0, 0.1) is 5.82 Å². The SMILES string of the molecule is O=C(Nc1ccc(Br)cc1)c1c(-c2ccccc2F)noc1N1CCOCC1. The fourth-order valence-electron chi connectivity index (χ4n) is 3.03. The van der Waals surface area contributed by atoms with E-state index in [1.165, 1.54) is 6.07 Å². The van der Waals surface area contributed by atoms with E-state index in [1.807, 2.05) is 17.0 Å². The van der Waals surface area contributed by atoms with Gasteiger partial charge in [0.1, 0.15) is 17.1 Å². The monoisotopic (exact) mass is 445 g/mol. The molecule has 1 aromatic heterocycles. The molecule has 4 rings (SSSR count). The highest BCUT2D eigenvalue weighted by Gasteiger charge is 2.30. The molecule has 2 aromatic carbocycles. The summed E-state index contributed by atoms with van der Waals surface area (Å²) in [5.41, 5.74) is 1.21. The van der Waals surface area contributed by atoms with Crippen LogP contribution in [0.25, 0.3) is 11.3 Å². The number of nitrogens with zero attached hydrogens (tertiary/aromatic N) is 2. The summed E-state index contributed by atoms with van der Waals surface area (Å²) in [7, 11) is 0. The average molecular weight is 446 g/mol. The number of morpholine rings is 1. The summed E-state index contributed by atoms with van der Waals surface area (Å²) in [6, 6.07) is 13.4. The van der Waals surface area contributed by atoms with E-state index in [-0.39, 0.29) is 16.8 Å². The molecule has 1 aliphatic heterocycles. The molecule has 0 saturated carbocycles. The number of hydrogen-bond donors (Lipinski definition) is 1. The lowest BCUT2D eigenvalue weighted by Crippen LogP contribution is -2.37. The van der Waals surface area contributed by atoms with Crippen LogP contribution in [0.1, 0.15) is 10.4 Å². The van der Waals surface area contributed by atoms with Crippen molar-refractivity contribution in [2.24, 2.45) is 0 Å². The van der Waals surface area contributed by atoms with Crippen LogP contribution in [0.4, 0.5) is 16.0 Å². The molecule has 144 valence electrons. The Morgan fingerprint density at radius 1 is 1.11 bits per heavy atom. The number of halogens is 2. The van der Waals surface area contributed by atoms with E-state index in [1.54, 1.807) is 30.3 Å². The van der Waals surface area contributed by atoms with Crippen LogP contribution in [0.5, 0.6) is 0 Å². The van der Waals surface area contributed by atoms with Gasteiger partial charge in [-0.15, -0.1) is 0 Å². The summed E-state index contributed by atoms with van der Waals surface area (Å²) >= 11 is 3.37. The zero-order valence-electron chi connectivity index (χ0n) is 14.8. The second-order valence-electron chi connectivity index (χ2n) is 6.25. The van der Waals surface area contributed by atoms with Gasteiger partial charge in [0.2, 0.25) is 5.88 Å². The number of hydrogen-bond acceptors (Lipinski definition) is 5. The highest BCUT2D eigenvalue weighted by molar-refractivity contribution is 9.10. The Bertz CT molecular complexity index is 985. The lowest BCUT2D eigenvalue weighted by Gasteiger charge is -2.26. The maximum Gasteiger partial charge on any atom is 0.263 e. The van der Waals surface area contributed by atoms with E-state index in [9.17, 15) is 9.18 Å². The van der Waals surface area contributed by atoms with Crippen molar-refractivity contribution < 1.29 is 18.4 Å². The van der Waals surface area contributed by atoms with E-state index < -0.39 is 11.7 Å². The van der Waals surface area contributed by atoms with Gasteiger partial charge in [-0.1, -0.05) is 33.2 Å². The quantitative estimate of drug-likeness (QED) is 0.646. The molecule has 28 heavy (non-hydrogen) atoms. The predicted octanol–water partition coefficient (Wildman–Crippen LogP) is 4.33. The number of amides is 1. The first-order valence-electron chi connectivity index (χ1n) is 8.77. The van der Waals surface area contributed by atoms with Crippen molar-refractivity contribution in [2.75, 3.05) is 36.5 Å². The molecule has 3 aromatic rings. The maximum atomic E-state index is 14.4. The largest absolute Gasteiger partial charge is 0.378 e. The number of nitrogens with one attached hydrogen (secondary N) is 1. The van der Waals surface area contributed by atoms with Crippen molar-refractivity contribution in [3.63, 3.8) is 0 Å². The second kappa shape index (κ2) is 8.12. The minimum atomic E-state index is -0.470. The second-order valence-corrected chi connectivity index (χ2v) is 7.17. The zero-order valence-corrected chi connectivity index (χ0v) is 16.4. The van der Waals surface area contributed by atoms with Gasteiger partial charge in [0.15, 0.2) is 0 Å². The van der Waals surface area contributed by atoms with Gasteiger partial charge in [0, 0.05) is 28.8 Å². The van der Waals surface area contributed by atoms with Crippen LogP contribution in [-0.4, -0.2) is 37.4 Å². The fraction of sp³-hybridized carbons (Fsp3) is 0.200. The normalized spacial score (nSPS) is 14.1. The third kappa shape index (κ3) is 3.79. The number of carbonyl (C=O) groups is 1. The number of anilines is 2. The molecule has 1 saturated heterocycles. The van der Waals surface area contributed by atoms with Crippen molar-refractivity contribution in [2.45, 2.75) is 0 Å². The summed E-state index contributed by atoms with van der Waals surface area (Å²) in [4.78, 5) is 15.0. The number of benzene rings is 2. The minimum absolute atomic E-state index is 0.175. The number of carbonyl (C=O) groups excluding carboxylic acids is 1. The highest BCUT2D eigenvalue weighted by Crippen LogP contribution is 2.33. The molecular weight excluding hydrogens is 429 g/mol. The van der Waals surface area contributed by atoms with E-state index in [2.05, 4.69) is 26.4 Å². The standard InChI is InChI=1S/C20H17BrFN3O3/c21-13-5-7-14(8-6-13)23-19(26)17-18(15-3-1-2-4-16(15)22)24-28-20(17)25-9-11-27-12-10-25/h1-8H,9-12H2,(H,23,26). The van der Waals surface area contributed by atoms with Crippen molar-refractivity contribution in [1.29, 1.82) is 0 Å². The van der Waals surface area contributed by atoms with E-state index in [0.29, 0.717) is 37.9 Å². The Morgan fingerprint density at radius 3 is 2.54 bits per heavy atom. The smallest absolute Gasteiger partial charge is 0.263 e. The van der Waals surface area contributed by atoms with Crippen LogP contribution < -0.4 is 10.2 Å². The molecule has 0 bridgehead atoms. The average Bonchev–Trinajstić information content (AvgIpc) is 3.16. The molecule has 6 nitrogen and oxygen atoms in total. The van der Waals surface area contributed by atoms with Gasteiger partial charge in [-0.2, -0.15) is 0 Å². The maximum absolute atomic E-state index is 14.4. The van der Waals surface area contributed by atoms with Crippen LogP contribution in [-0.2, 0) is 4.74 Å². The highest BCUT2D eigenvalue weighted by atomic mass is 79.9. The molecule has 0 radical (unpaired) electrons. The molecule has 0 spiro atoms. The minimum Gasteiger partial charge on any atom is -0.378 e. The van der Waals surface area contributed by atoms with Gasteiger partial charge in [-0.3, -0.25) is 4.79 Å². The number of rotatable bonds is 4. The van der Waals surface area contributed by atoms with Gasteiger partial charge in [-0.05, 0) is 36.4 Å². The fourth-order valence-corrected chi connectivity index (χ4v) is 3.30. The van der Waals surface area contributed by atoms with Gasteiger partial charge < -0.3 is 19.5 Å². The van der Waals surface area contributed by atoms with Crippen LogP contribution >= 0.6 is 15.9 Å². The summed E-state index contributed by atoms with van der Waals surface area (Å²) in [5.74, 6) is -0.568. The first-order chi connectivity index (χ1) is 13.6. The van der Waals surface area contributed by atoms with Gasteiger partial charge in [0.25, 0.3) is 5.91 Å². The summed E-state index contributed by atoms with van der Waals surface area (Å²) < 4.78 is 26.2. The summed E-state index contributed by atoms with van der Waals surface area (Å²) in [5, 5.41) is 6.87. The van der Waals surface area contributed by atoms with Crippen molar-refractivity contribution in [1.82, 2.24) is 5.16 Å². The third-order valence-electron chi connectivity index (χ3n) is 4.43. The summed E-state index contributed by atoms with van der Waals surface area (Å²) in [6.45, 7) is 2.15. The topological polar surface area (TPSA) is 67.6 Å². The lowest BCUT2D eigenvalue weighted by molar-refractivity contribution is 0.102. The Kier molecular flexibility index (Phi) is 5.40. The molecule has 1 aliphatic rings. The first-order valence-corrected chi connectivity index (χ1v) is 9.57. The van der Waals surface area contributed by atoms with Gasteiger partial charge in [0.05, 0.1) is 13.2 Å². The molecule has 0 aliphatic carbocycles. The van der Waals surface area contributed by atoms with E-state index in [0.717, 1.165) is 4.47 Å². The molecule has 2 heterocycles. The Balaban J connectivity index is 1.75. The molecule has 0 unspecified atom stereocenters. The van der Waals surface area contributed by atoms with E-state index in [4.69, 9.17) is 9.26 Å². The van der Waals surface area contributed by atoms with Gasteiger partial charge >= 0.3 is 0 Å². The van der Waals surface area contributed by atoms with E-state index >= 15 is 0 Å².